The Hall–Kier alpha value is -3.27. The van der Waals surface area contributed by atoms with Crippen LogP contribution < -0.4 is 5.73 Å². The second kappa shape index (κ2) is 6.69. The highest BCUT2D eigenvalue weighted by molar-refractivity contribution is 7.13. The molecule has 10 heteroatoms. The van der Waals surface area contributed by atoms with E-state index in [4.69, 9.17) is 14.9 Å². The second-order valence-electron chi connectivity index (χ2n) is 5.00. The van der Waals surface area contributed by atoms with E-state index < -0.39 is 17.0 Å². The highest BCUT2D eigenvalue weighted by Crippen LogP contribution is 2.27. The molecule has 0 amide bonds. The number of nitro groups is 1. The minimum atomic E-state index is -0.802. The summed E-state index contributed by atoms with van der Waals surface area (Å²) in [6, 6.07) is 7.20. The fraction of sp³-hybridized carbons (Fsp3) is 0.133. The molecule has 2 heterocycles. The predicted molar refractivity (Wildman–Crippen MR) is 89.0 cm³/mol. The number of nitrogen functional groups attached to an aromatic ring is 1. The molecule has 0 saturated heterocycles. The molecular formula is C15H12N4O5S. The van der Waals surface area contributed by atoms with Crippen LogP contribution in [0.2, 0.25) is 0 Å². The molecule has 2 N–H and O–H groups in total. The third-order valence-corrected chi connectivity index (χ3v) is 4.13. The number of rotatable bonds is 5. The molecule has 3 rings (SSSR count). The summed E-state index contributed by atoms with van der Waals surface area (Å²) in [6.07, 6.45) is -0.802. The number of anilines is 1. The number of ether oxygens (including phenoxy) is 1. The zero-order chi connectivity index (χ0) is 18.0. The zero-order valence-corrected chi connectivity index (χ0v) is 13.7. The van der Waals surface area contributed by atoms with E-state index in [2.05, 4.69) is 10.2 Å². The maximum atomic E-state index is 12.2. The van der Waals surface area contributed by atoms with Gasteiger partial charge in [-0.05, 0) is 24.4 Å². The van der Waals surface area contributed by atoms with E-state index in [0.717, 1.165) is 10.9 Å². The van der Waals surface area contributed by atoms with Crippen molar-refractivity contribution in [3.63, 3.8) is 0 Å². The normalized spacial score (nSPS) is 11.9. The SMILES string of the molecule is CC(OC(=O)c1ccc([N+](=O)[O-])cc1N)c1nnc(-c2cccs2)o1. The number of carbonyl (C=O) groups excluding carboxylic acids is 1. The largest absolute Gasteiger partial charge is 0.449 e. The lowest BCUT2D eigenvalue weighted by Gasteiger charge is -2.10. The molecule has 128 valence electrons. The van der Waals surface area contributed by atoms with Crippen LogP contribution in [-0.2, 0) is 4.74 Å². The van der Waals surface area contributed by atoms with E-state index in [9.17, 15) is 14.9 Å². The van der Waals surface area contributed by atoms with Gasteiger partial charge < -0.3 is 14.9 Å². The van der Waals surface area contributed by atoms with E-state index in [1.165, 1.54) is 23.5 Å². The molecule has 0 saturated carbocycles. The van der Waals surface area contributed by atoms with Crippen LogP contribution in [0, 0.1) is 10.1 Å². The highest BCUT2D eigenvalue weighted by atomic mass is 32.1. The minimum Gasteiger partial charge on any atom is -0.449 e. The first-order valence-electron chi connectivity index (χ1n) is 7.08. The Balaban J connectivity index is 1.73. The molecule has 1 aromatic carbocycles. The number of carbonyl (C=O) groups is 1. The molecule has 0 bridgehead atoms. The minimum absolute atomic E-state index is 0.0236. The summed E-state index contributed by atoms with van der Waals surface area (Å²) in [7, 11) is 0. The number of hydrogen-bond donors (Lipinski definition) is 1. The van der Waals surface area contributed by atoms with E-state index in [-0.39, 0.29) is 22.8 Å². The lowest BCUT2D eigenvalue weighted by Crippen LogP contribution is -2.12. The highest BCUT2D eigenvalue weighted by Gasteiger charge is 2.22. The lowest BCUT2D eigenvalue weighted by atomic mass is 10.1. The standard InChI is InChI=1S/C15H12N4O5S/c1-8(13-17-18-14(24-13)12-3-2-6-25-12)23-15(20)10-5-4-9(19(21)22)7-11(10)16/h2-8H,16H2,1H3. The van der Waals surface area contributed by atoms with Gasteiger partial charge in [-0.25, -0.2) is 4.79 Å². The molecule has 1 unspecified atom stereocenters. The van der Waals surface area contributed by atoms with Gasteiger partial charge in [-0.3, -0.25) is 10.1 Å². The Morgan fingerprint density at radius 2 is 2.20 bits per heavy atom. The molecule has 0 aliphatic carbocycles. The van der Waals surface area contributed by atoms with Gasteiger partial charge in [-0.2, -0.15) is 0 Å². The molecule has 0 spiro atoms. The topological polar surface area (TPSA) is 134 Å². The number of hydrogen-bond acceptors (Lipinski definition) is 9. The number of nitro benzene ring substituents is 1. The summed E-state index contributed by atoms with van der Waals surface area (Å²) in [4.78, 5) is 23.1. The average Bonchev–Trinajstić information content (AvgIpc) is 3.25. The third kappa shape index (κ3) is 3.48. The van der Waals surface area contributed by atoms with Crippen molar-refractivity contribution in [2.45, 2.75) is 13.0 Å². The van der Waals surface area contributed by atoms with Gasteiger partial charge in [0.1, 0.15) is 0 Å². The Kier molecular flexibility index (Phi) is 4.44. The number of aromatic nitrogens is 2. The molecule has 9 nitrogen and oxygen atoms in total. The Morgan fingerprint density at radius 3 is 2.84 bits per heavy atom. The monoisotopic (exact) mass is 360 g/mol. The van der Waals surface area contributed by atoms with E-state index in [1.54, 1.807) is 6.92 Å². The first-order valence-corrected chi connectivity index (χ1v) is 7.96. The fourth-order valence-corrected chi connectivity index (χ4v) is 2.67. The summed E-state index contributed by atoms with van der Waals surface area (Å²) in [5.74, 6) is -0.268. The number of benzene rings is 1. The van der Waals surface area contributed by atoms with Crippen molar-refractivity contribution >= 4 is 28.7 Å². The van der Waals surface area contributed by atoms with Crippen LogP contribution in [0.5, 0.6) is 0 Å². The number of thiophene rings is 1. The summed E-state index contributed by atoms with van der Waals surface area (Å²) in [6.45, 7) is 1.57. The summed E-state index contributed by atoms with van der Waals surface area (Å²) < 4.78 is 10.8. The Morgan fingerprint density at radius 1 is 1.40 bits per heavy atom. The van der Waals surface area contributed by atoms with Crippen molar-refractivity contribution in [1.82, 2.24) is 10.2 Å². The van der Waals surface area contributed by atoms with Gasteiger partial charge in [-0.15, -0.1) is 21.5 Å². The zero-order valence-electron chi connectivity index (χ0n) is 12.9. The second-order valence-corrected chi connectivity index (χ2v) is 5.95. The first-order chi connectivity index (χ1) is 12.0. The summed E-state index contributed by atoms with van der Waals surface area (Å²) in [5.41, 5.74) is 5.46. The van der Waals surface area contributed by atoms with Gasteiger partial charge in [0.05, 0.1) is 21.1 Å². The Labute approximate surface area is 145 Å². The van der Waals surface area contributed by atoms with Crippen molar-refractivity contribution in [1.29, 1.82) is 0 Å². The van der Waals surface area contributed by atoms with E-state index >= 15 is 0 Å². The quantitative estimate of drug-likeness (QED) is 0.317. The van der Waals surface area contributed by atoms with Gasteiger partial charge in [0.15, 0.2) is 6.10 Å². The maximum absolute atomic E-state index is 12.2. The predicted octanol–water partition coefficient (Wildman–Crippen LogP) is 3.21. The third-order valence-electron chi connectivity index (χ3n) is 3.27. The van der Waals surface area contributed by atoms with Crippen LogP contribution in [0.1, 0.15) is 29.3 Å². The van der Waals surface area contributed by atoms with Crippen LogP contribution in [0.15, 0.2) is 40.1 Å². The van der Waals surface area contributed by atoms with Gasteiger partial charge in [0.2, 0.25) is 0 Å². The summed E-state index contributed by atoms with van der Waals surface area (Å²) >= 11 is 1.44. The molecule has 0 aliphatic rings. The van der Waals surface area contributed by atoms with Crippen molar-refractivity contribution in [2.24, 2.45) is 0 Å². The van der Waals surface area contributed by atoms with Gasteiger partial charge in [0.25, 0.3) is 17.5 Å². The van der Waals surface area contributed by atoms with Gasteiger partial charge >= 0.3 is 5.97 Å². The van der Waals surface area contributed by atoms with Crippen LogP contribution >= 0.6 is 11.3 Å². The van der Waals surface area contributed by atoms with Gasteiger partial charge in [0, 0.05) is 12.1 Å². The fourth-order valence-electron chi connectivity index (χ4n) is 2.02. The van der Waals surface area contributed by atoms with E-state index in [1.807, 2.05) is 17.5 Å². The average molecular weight is 360 g/mol. The first kappa shape index (κ1) is 16.6. The van der Waals surface area contributed by atoms with E-state index in [0.29, 0.717) is 5.89 Å². The smallest absolute Gasteiger partial charge is 0.341 e. The number of esters is 1. The van der Waals surface area contributed by atoms with Crippen molar-refractivity contribution < 1.29 is 18.9 Å². The van der Waals surface area contributed by atoms with Crippen molar-refractivity contribution in [3.05, 3.63) is 57.3 Å². The number of non-ortho nitro benzene ring substituents is 1. The molecule has 0 radical (unpaired) electrons. The van der Waals surface area contributed by atoms with Crippen LogP contribution in [0.4, 0.5) is 11.4 Å². The number of nitrogens with two attached hydrogens (primary N) is 1. The summed E-state index contributed by atoms with van der Waals surface area (Å²) in [5, 5.41) is 20.4. The van der Waals surface area contributed by atoms with Crippen molar-refractivity contribution in [3.8, 4) is 10.8 Å². The van der Waals surface area contributed by atoms with Crippen molar-refractivity contribution in [2.75, 3.05) is 5.73 Å². The molecule has 1 atom stereocenters. The van der Waals surface area contributed by atoms with Crippen LogP contribution in [-0.4, -0.2) is 21.1 Å². The molecule has 0 fully saturated rings. The van der Waals surface area contributed by atoms with Crippen LogP contribution in [0.25, 0.3) is 10.8 Å². The Bertz CT molecular complexity index is 922. The molecule has 3 aromatic rings. The number of nitrogens with zero attached hydrogens (tertiary/aromatic N) is 3. The molecule has 0 aliphatic heterocycles. The van der Waals surface area contributed by atoms with Gasteiger partial charge in [-0.1, -0.05) is 6.07 Å². The molecule has 25 heavy (non-hydrogen) atoms. The maximum Gasteiger partial charge on any atom is 0.341 e. The van der Waals surface area contributed by atoms with Crippen LogP contribution in [0.3, 0.4) is 0 Å². The molecular weight excluding hydrogens is 348 g/mol. The lowest BCUT2D eigenvalue weighted by molar-refractivity contribution is -0.384. The molecule has 2 aromatic heterocycles.